The lowest BCUT2D eigenvalue weighted by molar-refractivity contribution is -0.137. The lowest BCUT2D eigenvalue weighted by Gasteiger charge is -2.05. The van der Waals surface area contributed by atoms with E-state index >= 15 is 0 Å². The van der Waals surface area contributed by atoms with Crippen LogP contribution in [0.2, 0.25) is 0 Å². The van der Waals surface area contributed by atoms with Crippen molar-refractivity contribution in [3.8, 4) is 0 Å². The minimum Gasteiger partial charge on any atom is -0.480 e. The Hall–Kier alpha value is -1.28. The number of rotatable bonds is 6. The first-order valence-electron chi connectivity index (χ1n) is 4.55. The molecular formula is C8H15N3O4S. The van der Waals surface area contributed by atoms with E-state index in [4.69, 9.17) is 10.8 Å². The zero-order valence-electron chi connectivity index (χ0n) is 8.86. The third kappa shape index (κ3) is 7.07. The number of hydrogen-bond donors (Lipinski definition) is 4. The summed E-state index contributed by atoms with van der Waals surface area (Å²) in [4.78, 5) is 32.1. The van der Waals surface area contributed by atoms with Gasteiger partial charge in [0.2, 0.25) is 5.91 Å². The van der Waals surface area contributed by atoms with Crippen molar-refractivity contribution >= 4 is 29.7 Å². The van der Waals surface area contributed by atoms with Crippen molar-refractivity contribution in [1.29, 1.82) is 0 Å². The lowest BCUT2D eigenvalue weighted by atomic mass is 10.4. The minimum atomic E-state index is -1.07. The second-order valence-electron chi connectivity index (χ2n) is 2.90. The van der Waals surface area contributed by atoms with Crippen LogP contribution in [0, 0.1) is 0 Å². The zero-order chi connectivity index (χ0) is 12.6. The van der Waals surface area contributed by atoms with Gasteiger partial charge in [0, 0.05) is 25.0 Å². The summed E-state index contributed by atoms with van der Waals surface area (Å²) >= 11 is 1.25. The predicted molar refractivity (Wildman–Crippen MR) is 60.2 cm³/mol. The molecule has 0 aromatic heterocycles. The van der Waals surface area contributed by atoms with Crippen LogP contribution < -0.4 is 16.4 Å². The van der Waals surface area contributed by atoms with E-state index in [0.717, 1.165) is 0 Å². The molecule has 7 nitrogen and oxygen atoms in total. The molecule has 3 amide bonds. The highest BCUT2D eigenvalue weighted by Gasteiger charge is 2.11. The van der Waals surface area contributed by atoms with Crippen LogP contribution in [0.15, 0.2) is 0 Å². The van der Waals surface area contributed by atoms with Crippen molar-refractivity contribution in [3.05, 3.63) is 0 Å². The Kier molecular flexibility index (Phi) is 7.31. The maximum Gasteiger partial charge on any atom is 0.321 e. The first-order chi connectivity index (χ1) is 7.47. The number of thioether (sulfide) groups is 1. The molecule has 0 saturated heterocycles. The first kappa shape index (κ1) is 14.7. The van der Waals surface area contributed by atoms with E-state index in [1.54, 1.807) is 0 Å². The number of amides is 3. The molecule has 0 unspecified atom stereocenters. The largest absolute Gasteiger partial charge is 0.480 e. The number of nitrogens with two attached hydrogens (primary N) is 1. The van der Waals surface area contributed by atoms with Gasteiger partial charge < -0.3 is 16.2 Å². The molecule has 0 fully saturated rings. The summed E-state index contributed by atoms with van der Waals surface area (Å²) in [5.41, 5.74) is 5.25. The van der Waals surface area contributed by atoms with Crippen molar-refractivity contribution in [3.63, 3.8) is 0 Å². The molecule has 0 radical (unpaired) electrons. The van der Waals surface area contributed by atoms with Crippen LogP contribution in [0.3, 0.4) is 0 Å². The Morgan fingerprint density at radius 2 is 2.06 bits per heavy atom. The van der Waals surface area contributed by atoms with Crippen LogP contribution in [0.4, 0.5) is 4.79 Å². The normalized spacial score (nSPS) is 11.6. The summed E-state index contributed by atoms with van der Waals surface area (Å²) in [7, 11) is 1.41. The Morgan fingerprint density at radius 3 is 2.56 bits per heavy atom. The highest BCUT2D eigenvalue weighted by molar-refractivity contribution is 7.99. The highest BCUT2D eigenvalue weighted by Crippen LogP contribution is 2.03. The maximum absolute atomic E-state index is 11.1. The number of nitrogens with one attached hydrogen (secondary N) is 2. The summed E-state index contributed by atoms with van der Waals surface area (Å²) in [6.07, 6.45) is 0.143. The molecule has 0 saturated carbocycles. The number of carboxylic acid groups (broad SMARTS) is 1. The molecule has 16 heavy (non-hydrogen) atoms. The van der Waals surface area contributed by atoms with Crippen LogP contribution in [0.25, 0.3) is 0 Å². The van der Waals surface area contributed by atoms with E-state index in [1.165, 1.54) is 18.8 Å². The number of carbonyl (C=O) groups excluding carboxylic acids is 2. The Morgan fingerprint density at radius 1 is 1.44 bits per heavy atom. The van der Waals surface area contributed by atoms with Crippen LogP contribution in [0.1, 0.15) is 6.42 Å². The quantitative estimate of drug-likeness (QED) is 0.447. The summed E-state index contributed by atoms with van der Waals surface area (Å²) in [5.74, 6) is -0.815. The van der Waals surface area contributed by atoms with Gasteiger partial charge >= 0.3 is 12.0 Å². The molecule has 0 spiro atoms. The molecule has 5 N–H and O–H groups in total. The van der Waals surface area contributed by atoms with Gasteiger partial charge in [-0.1, -0.05) is 0 Å². The minimum absolute atomic E-state index is 0.143. The van der Waals surface area contributed by atoms with Crippen molar-refractivity contribution in [2.24, 2.45) is 5.73 Å². The molecule has 8 heteroatoms. The maximum atomic E-state index is 11.1. The van der Waals surface area contributed by atoms with E-state index in [2.05, 4.69) is 10.6 Å². The van der Waals surface area contributed by atoms with Crippen molar-refractivity contribution < 1.29 is 19.5 Å². The Balaban J connectivity index is 3.55. The topological polar surface area (TPSA) is 122 Å². The Labute approximate surface area is 97.1 Å². The summed E-state index contributed by atoms with van der Waals surface area (Å²) in [6, 6.07) is -1.48. The van der Waals surface area contributed by atoms with Gasteiger partial charge in [0.25, 0.3) is 0 Å². The number of carboxylic acids is 1. The van der Waals surface area contributed by atoms with Gasteiger partial charge in [-0.25, -0.2) is 4.79 Å². The summed E-state index contributed by atoms with van der Waals surface area (Å²) < 4.78 is 0. The number of urea groups is 1. The SMILES string of the molecule is CNC(=O)NC(=O)CCSC[C@H](N)C(=O)O. The fourth-order valence-electron chi connectivity index (χ4n) is 0.698. The van der Waals surface area contributed by atoms with E-state index < -0.39 is 23.9 Å². The van der Waals surface area contributed by atoms with Gasteiger partial charge in [-0.15, -0.1) is 0 Å². The van der Waals surface area contributed by atoms with Gasteiger partial charge in [0.15, 0.2) is 0 Å². The number of imide groups is 1. The van der Waals surface area contributed by atoms with Crippen molar-refractivity contribution in [1.82, 2.24) is 10.6 Å². The van der Waals surface area contributed by atoms with Gasteiger partial charge in [0.05, 0.1) is 0 Å². The summed E-state index contributed by atoms with van der Waals surface area (Å²) in [6.45, 7) is 0. The Bertz CT molecular complexity index is 272. The lowest BCUT2D eigenvalue weighted by Crippen LogP contribution is -2.37. The molecule has 0 aromatic rings. The second-order valence-corrected chi connectivity index (χ2v) is 4.05. The van der Waals surface area contributed by atoms with Crippen LogP contribution in [0.5, 0.6) is 0 Å². The number of carbonyl (C=O) groups is 3. The fourth-order valence-corrected chi connectivity index (χ4v) is 1.59. The van der Waals surface area contributed by atoms with E-state index in [1.807, 2.05) is 0 Å². The fraction of sp³-hybridized carbons (Fsp3) is 0.625. The zero-order valence-corrected chi connectivity index (χ0v) is 9.67. The molecule has 1 atom stereocenters. The second kappa shape index (κ2) is 7.94. The standard InChI is InChI=1S/C8H15N3O4S/c1-10-8(15)11-6(12)2-3-16-4-5(9)7(13)14/h5H,2-4,9H2,1H3,(H,13,14)(H2,10,11,12,15)/t5-/m0/s1. The average Bonchev–Trinajstić information content (AvgIpc) is 2.23. The van der Waals surface area contributed by atoms with Crippen LogP contribution in [-0.2, 0) is 9.59 Å². The highest BCUT2D eigenvalue weighted by atomic mass is 32.2. The van der Waals surface area contributed by atoms with Crippen LogP contribution in [-0.4, -0.2) is 47.6 Å². The van der Waals surface area contributed by atoms with E-state index in [0.29, 0.717) is 5.75 Å². The third-order valence-corrected chi connectivity index (χ3v) is 2.66. The van der Waals surface area contributed by atoms with Crippen molar-refractivity contribution in [2.45, 2.75) is 12.5 Å². The van der Waals surface area contributed by atoms with Crippen LogP contribution >= 0.6 is 11.8 Å². The molecule has 0 aliphatic heterocycles. The molecule has 92 valence electrons. The van der Waals surface area contributed by atoms with E-state index in [9.17, 15) is 14.4 Å². The molecule has 0 heterocycles. The molecule has 0 aromatic carbocycles. The van der Waals surface area contributed by atoms with E-state index in [-0.39, 0.29) is 12.2 Å². The van der Waals surface area contributed by atoms with Gasteiger partial charge in [-0.2, -0.15) is 11.8 Å². The monoisotopic (exact) mass is 249 g/mol. The van der Waals surface area contributed by atoms with Gasteiger partial charge in [0.1, 0.15) is 6.04 Å². The third-order valence-electron chi connectivity index (χ3n) is 1.57. The first-order valence-corrected chi connectivity index (χ1v) is 5.70. The average molecular weight is 249 g/mol. The number of aliphatic carboxylic acids is 1. The number of hydrogen-bond acceptors (Lipinski definition) is 5. The molecular weight excluding hydrogens is 234 g/mol. The van der Waals surface area contributed by atoms with Crippen molar-refractivity contribution in [2.75, 3.05) is 18.6 Å². The molecule has 0 rings (SSSR count). The van der Waals surface area contributed by atoms with Gasteiger partial charge in [-0.05, 0) is 0 Å². The smallest absolute Gasteiger partial charge is 0.321 e. The molecule has 0 aliphatic rings. The predicted octanol–water partition coefficient (Wildman–Crippen LogP) is -1.02. The molecule has 0 aliphatic carbocycles. The summed E-state index contributed by atoms with van der Waals surface area (Å²) in [5, 5.41) is 12.8. The van der Waals surface area contributed by atoms with Gasteiger partial charge in [-0.3, -0.25) is 14.9 Å². The molecule has 0 bridgehead atoms.